The predicted octanol–water partition coefficient (Wildman–Crippen LogP) is 4.48. The lowest BCUT2D eigenvalue weighted by Crippen LogP contribution is -2.43. The summed E-state index contributed by atoms with van der Waals surface area (Å²) in [4.78, 5) is 22.6. The number of carbonyl (C=O) groups excluding carboxylic acids is 1. The van der Waals surface area contributed by atoms with E-state index in [1.54, 1.807) is 12.1 Å². The van der Waals surface area contributed by atoms with Crippen LogP contribution in [0.3, 0.4) is 0 Å². The van der Waals surface area contributed by atoms with Gasteiger partial charge in [0.25, 0.3) is 0 Å². The molecule has 0 saturated heterocycles. The minimum Gasteiger partial charge on any atom is -0.293 e. The molecule has 0 amide bonds. The molecule has 0 aliphatic heterocycles. The normalized spacial score (nSPS) is 21.1. The second-order valence-electron chi connectivity index (χ2n) is 6.74. The summed E-state index contributed by atoms with van der Waals surface area (Å²) in [6.45, 7) is 12.3. The molecule has 1 aromatic carbocycles. The first-order chi connectivity index (χ1) is 11.5. The van der Waals surface area contributed by atoms with Crippen molar-refractivity contribution in [3.8, 4) is 0 Å². The van der Waals surface area contributed by atoms with Crippen molar-refractivity contribution in [2.75, 3.05) is 0 Å². The van der Waals surface area contributed by atoms with E-state index in [0.29, 0.717) is 11.5 Å². The van der Waals surface area contributed by atoms with Crippen LogP contribution in [-0.2, 0) is 9.78 Å². The van der Waals surface area contributed by atoms with Crippen molar-refractivity contribution < 1.29 is 14.6 Å². The van der Waals surface area contributed by atoms with Gasteiger partial charge in [-0.2, -0.15) is 4.89 Å². The third-order valence-corrected chi connectivity index (χ3v) is 9.16. The Bertz CT molecular complexity index is 571. The van der Waals surface area contributed by atoms with Crippen molar-refractivity contribution in [1.82, 2.24) is 0 Å². The van der Waals surface area contributed by atoms with Gasteiger partial charge in [0.2, 0.25) is 0 Å². The van der Waals surface area contributed by atoms with Crippen LogP contribution in [0.4, 0.5) is 0 Å². The van der Waals surface area contributed by atoms with Gasteiger partial charge >= 0.3 is 5.97 Å². The van der Waals surface area contributed by atoms with Gasteiger partial charge in [-0.3, -0.25) is 4.89 Å². The molecule has 1 fully saturated rings. The number of benzene rings is 1. The highest BCUT2D eigenvalue weighted by Crippen LogP contribution is 2.26. The topological polar surface area (TPSA) is 35.5 Å². The number of hydrogen-bond acceptors (Lipinski definition) is 3. The van der Waals surface area contributed by atoms with Crippen LogP contribution in [0.25, 0.3) is 0 Å². The Morgan fingerprint density at radius 1 is 1.25 bits per heavy atom. The first kappa shape index (κ1) is 18.7. The van der Waals surface area contributed by atoms with E-state index in [0.717, 1.165) is 25.3 Å². The highest BCUT2D eigenvalue weighted by atomic mass is 28.3. The third-order valence-electron chi connectivity index (χ3n) is 5.12. The van der Waals surface area contributed by atoms with Crippen molar-refractivity contribution in [3.63, 3.8) is 0 Å². The zero-order valence-corrected chi connectivity index (χ0v) is 15.8. The van der Waals surface area contributed by atoms with Crippen LogP contribution in [0.2, 0.25) is 6.04 Å². The zero-order chi connectivity index (χ0) is 17.6. The Balaban J connectivity index is 1.98. The first-order valence-electron chi connectivity index (χ1n) is 8.80. The van der Waals surface area contributed by atoms with Crippen LogP contribution in [0.15, 0.2) is 48.8 Å². The average molecular weight is 345 g/mol. The third kappa shape index (κ3) is 4.25. The SMILES string of the molecule is C=C[Si](C=C)(CC)c1ccc(C(=O)OOC2CCCC(C)C2)cc1. The molecule has 0 aromatic heterocycles. The lowest BCUT2D eigenvalue weighted by molar-refractivity contribution is -0.281. The molecule has 2 atom stereocenters. The van der Waals surface area contributed by atoms with E-state index < -0.39 is 14.0 Å². The van der Waals surface area contributed by atoms with Gasteiger partial charge < -0.3 is 0 Å². The molecule has 24 heavy (non-hydrogen) atoms. The lowest BCUT2D eigenvalue weighted by atomic mass is 9.89. The van der Waals surface area contributed by atoms with E-state index in [2.05, 4.69) is 27.0 Å². The lowest BCUT2D eigenvalue weighted by Gasteiger charge is -2.25. The molecule has 130 valence electrons. The Kier molecular flexibility index (Phi) is 6.57. The Hall–Kier alpha value is -1.65. The zero-order valence-electron chi connectivity index (χ0n) is 14.8. The minimum absolute atomic E-state index is 0.0265. The van der Waals surface area contributed by atoms with Gasteiger partial charge in [0.15, 0.2) is 0 Å². The second-order valence-corrected chi connectivity index (χ2v) is 10.9. The monoisotopic (exact) mass is 344 g/mol. The summed E-state index contributed by atoms with van der Waals surface area (Å²) in [5.74, 6) is 0.201. The fourth-order valence-corrected chi connectivity index (χ4v) is 5.77. The molecule has 1 saturated carbocycles. The molecule has 0 N–H and O–H groups in total. The molecule has 1 aromatic rings. The van der Waals surface area contributed by atoms with E-state index >= 15 is 0 Å². The molecule has 0 radical (unpaired) electrons. The van der Waals surface area contributed by atoms with Crippen molar-refractivity contribution in [2.45, 2.75) is 51.7 Å². The highest BCUT2D eigenvalue weighted by molar-refractivity contribution is 6.99. The molecule has 3 nitrogen and oxygen atoms in total. The summed E-state index contributed by atoms with van der Waals surface area (Å²) in [6, 6.07) is 8.58. The van der Waals surface area contributed by atoms with Crippen molar-refractivity contribution in [1.29, 1.82) is 0 Å². The van der Waals surface area contributed by atoms with Crippen LogP contribution in [-0.4, -0.2) is 20.1 Å². The van der Waals surface area contributed by atoms with Gasteiger partial charge in [0.05, 0.1) is 5.56 Å². The maximum absolute atomic E-state index is 12.2. The van der Waals surface area contributed by atoms with Gasteiger partial charge in [0, 0.05) is 0 Å². The molecule has 0 spiro atoms. The molecule has 1 aliphatic carbocycles. The van der Waals surface area contributed by atoms with Crippen LogP contribution in [0.5, 0.6) is 0 Å². The maximum atomic E-state index is 12.2. The molecular weight excluding hydrogens is 316 g/mol. The van der Waals surface area contributed by atoms with E-state index in [4.69, 9.17) is 9.78 Å². The summed E-state index contributed by atoms with van der Waals surface area (Å²) in [5, 5.41) is 1.20. The van der Waals surface area contributed by atoms with E-state index in [-0.39, 0.29) is 6.10 Å². The Morgan fingerprint density at radius 3 is 2.46 bits per heavy atom. The molecule has 2 rings (SSSR count). The molecular formula is C20H28O3Si. The van der Waals surface area contributed by atoms with Gasteiger partial charge in [0.1, 0.15) is 14.2 Å². The molecule has 2 unspecified atom stereocenters. The number of carbonyl (C=O) groups is 1. The predicted molar refractivity (Wildman–Crippen MR) is 101 cm³/mol. The molecule has 0 heterocycles. The van der Waals surface area contributed by atoms with Gasteiger partial charge in [-0.15, -0.1) is 13.2 Å². The fourth-order valence-electron chi connectivity index (χ4n) is 3.35. The Morgan fingerprint density at radius 2 is 1.92 bits per heavy atom. The molecule has 0 bridgehead atoms. The van der Waals surface area contributed by atoms with E-state index in [9.17, 15) is 4.79 Å². The number of rotatable bonds is 7. The van der Waals surface area contributed by atoms with Crippen molar-refractivity contribution >= 4 is 19.2 Å². The quantitative estimate of drug-likeness (QED) is 0.416. The van der Waals surface area contributed by atoms with E-state index in [1.807, 2.05) is 23.5 Å². The fraction of sp³-hybridized carbons (Fsp3) is 0.450. The molecule has 4 heteroatoms. The maximum Gasteiger partial charge on any atom is 0.373 e. The number of hydrogen-bond donors (Lipinski definition) is 0. The van der Waals surface area contributed by atoms with Gasteiger partial charge in [-0.25, -0.2) is 4.79 Å². The van der Waals surface area contributed by atoms with Gasteiger partial charge in [-0.1, -0.05) is 55.4 Å². The van der Waals surface area contributed by atoms with Gasteiger partial charge in [-0.05, 0) is 36.9 Å². The largest absolute Gasteiger partial charge is 0.373 e. The summed E-state index contributed by atoms with van der Waals surface area (Å²) in [7, 11) is -1.86. The summed E-state index contributed by atoms with van der Waals surface area (Å²) in [5.41, 5.74) is 4.57. The second kappa shape index (κ2) is 8.45. The van der Waals surface area contributed by atoms with Crippen LogP contribution in [0.1, 0.15) is 49.9 Å². The highest BCUT2D eigenvalue weighted by Gasteiger charge is 2.26. The minimum atomic E-state index is -1.86. The Labute approximate surface area is 146 Å². The van der Waals surface area contributed by atoms with Crippen molar-refractivity contribution in [2.24, 2.45) is 5.92 Å². The van der Waals surface area contributed by atoms with E-state index in [1.165, 1.54) is 11.6 Å². The molecule has 1 aliphatic rings. The van der Waals surface area contributed by atoms with Crippen LogP contribution >= 0.6 is 0 Å². The van der Waals surface area contributed by atoms with Crippen LogP contribution < -0.4 is 5.19 Å². The summed E-state index contributed by atoms with van der Waals surface area (Å²) >= 11 is 0. The smallest absolute Gasteiger partial charge is 0.293 e. The summed E-state index contributed by atoms with van der Waals surface area (Å²) < 4.78 is 0. The average Bonchev–Trinajstić information content (AvgIpc) is 2.62. The summed E-state index contributed by atoms with van der Waals surface area (Å²) in [6.07, 6.45) is 4.30. The standard InChI is InChI=1S/C20H28O3Si/c1-5-24(6-2,7-3)19-13-11-17(12-14-19)20(21)23-22-18-10-8-9-16(4)15-18/h5-6,11-14,16,18H,1-2,7-10,15H2,3-4H3. The van der Waals surface area contributed by atoms with Crippen molar-refractivity contribution in [3.05, 3.63) is 54.4 Å². The van der Waals surface area contributed by atoms with Crippen LogP contribution in [0, 0.1) is 5.92 Å². The first-order valence-corrected chi connectivity index (χ1v) is 11.2.